The average molecular weight is 400 g/mol. The molecular formula is C13H9IN2OS2. The van der Waals surface area contributed by atoms with Gasteiger partial charge in [-0.3, -0.25) is 4.79 Å². The van der Waals surface area contributed by atoms with Gasteiger partial charge < -0.3 is 5.32 Å². The molecule has 0 fully saturated rings. The summed E-state index contributed by atoms with van der Waals surface area (Å²) in [5.74, 6) is -0.129. The van der Waals surface area contributed by atoms with Gasteiger partial charge in [-0.05, 0) is 53.5 Å². The molecule has 3 rings (SSSR count). The van der Waals surface area contributed by atoms with E-state index < -0.39 is 0 Å². The fraction of sp³-hybridized carbons (Fsp3) is 0.231. The first-order valence-electron chi connectivity index (χ1n) is 5.79. The first-order valence-corrected chi connectivity index (χ1v) is 8.56. The van der Waals surface area contributed by atoms with Crippen LogP contribution in [0.1, 0.15) is 32.8 Å². The molecule has 0 atom stereocenters. The molecule has 1 amide bonds. The minimum absolute atomic E-state index is 0.129. The molecule has 1 aliphatic carbocycles. The fourth-order valence-corrected chi connectivity index (χ4v) is 4.78. The van der Waals surface area contributed by atoms with E-state index in [0.29, 0.717) is 16.1 Å². The van der Waals surface area contributed by atoms with Crippen molar-refractivity contribution in [3.63, 3.8) is 0 Å². The topological polar surface area (TPSA) is 52.9 Å². The monoisotopic (exact) mass is 400 g/mol. The standard InChI is InChI=1S/C13H9IN2OS2/c14-11-4-7(6-18-11)12(17)16-13-9(5-15)8-2-1-3-10(8)19-13/h4,6H,1-3H2,(H,16,17). The number of rotatable bonds is 2. The Bertz CT molecular complexity index is 696. The van der Waals surface area contributed by atoms with E-state index in [4.69, 9.17) is 0 Å². The molecule has 0 bridgehead atoms. The minimum atomic E-state index is -0.129. The Labute approximate surface area is 132 Å². The summed E-state index contributed by atoms with van der Waals surface area (Å²) in [4.78, 5) is 13.4. The Balaban J connectivity index is 1.88. The Morgan fingerprint density at radius 2 is 2.32 bits per heavy atom. The van der Waals surface area contributed by atoms with E-state index in [2.05, 4.69) is 34.0 Å². The summed E-state index contributed by atoms with van der Waals surface area (Å²) in [6, 6.07) is 4.09. The van der Waals surface area contributed by atoms with Crippen LogP contribution in [0.4, 0.5) is 5.00 Å². The number of nitrogens with zero attached hydrogens (tertiary/aromatic N) is 1. The van der Waals surface area contributed by atoms with Crippen molar-refractivity contribution in [2.45, 2.75) is 19.3 Å². The van der Waals surface area contributed by atoms with Crippen molar-refractivity contribution in [3.8, 4) is 6.07 Å². The summed E-state index contributed by atoms with van der Waals surface area (Å²) in [5.41, 5.74) is 2.46. The van der Waals surface area contributed by atoms with E-state index in [9.17, 15) is 10.1 Å². The highest BCUT2D eigenvalue weighted by Gasteiger charge is 2.23. The van der Waals surface area contributed by atoms with Crippen LogP contribution in [0, 0.1) is 14.2 Å². The molecule has 0 radical (unpaired) electrons. The van der Waals surface area contributed by atoms with Gasteiger partial charge in [0.25, 0.3) is 5.91 Å². The zero-order valence-electron chi connectivity index (χ0n) is 9.83. The van der Waals surface area contributed by atoms with Crippen LogP contribution in [-0.2, 0) is 12.8 Å². The van der Waals surface area contributed by atoms with E-state index in [0.717, 1.165) is 27.7 Å². The lowest BCUT2D eigenvalue weighted by Gasteiger charge is -2.01. The minimum Gasteiger partial charge on any atom is -0.312 e. The molecule has 0 unspecified atom stereocenters. The Morgan fingerprint density at radius 3 is 3.00 bits per heavy atom. The number of aryl methyl sites for hydroxylation is 1. The molecule has 0 aliphatic heterocycles. The van der Waals surface area contributed by atoms with Crippen LogP contribution in [0.25, 0.3) is 0 Å². The van der Waals surface area contributed by atoms with Gasteiger partial charge in [0, 0.05) is 10.3 Å². The molecule has 96 valence electrons. The molecule has 0 saturated carbocycles. The summed E-state index contributed by atoms with van der Waals surface area (Å²) in [6.07, 6.45) is 3.11. The van der Waals surface area contributed by atoms with Crippen molar-refractivity contribution in [2.24, 2.45) is 0 Å². The van der Waals surface area contributed by atoms with Crippen LogP contribution < -0.4 is 5.32 Å². The largest absolute Gasteiger partial charge is 0.312 e. The van der Waals surface area contributed by atoms with E-state index in [-0.39, 0.29) is 5.91 Å². The molecule has 2 heterocycles. The molecule has 3 nitrogen and oxygen atoms in total. The third-order valence-electron chi connectivity index (χ3n) is 3.09. The predicted octanol–water partition coefficient (Wildman–Crippen LogP) is 4.03. The number of nitriles is 1. The highest BCUT2D eigenvalue weighted by Crippen LogP contribution is 2.38. The highest BCUT2D eigenvalue weighted by molar-refractivity contribution is 14.1. The molecule has 1 N–H and O–H groups in total. The first-order chi connectivity index (χ1) is 9.19. The van der Waals surface area contributed by atoms with Crippen molar-refractivity contribution in [1.82, 2.24) is 0 Å². The maximum Gasteiger partial charge on any atom is 0.257 e. The van der Waals surface area contributed by atoms with Crippen molar-refractivity contribution < 1.29 is 4.79 Å². The van der Waals surface area contributed by atoms with Gasteiger partial charge in [-0.25, -0.2) is 0 Å². The van der Waals surface area contributed by atoms with E-state index in [1.165, 1.54) is 4.88 Å². The Kier molecular flexibility index (Phi) is 3.60. The summed E-state index contributed by atoms with van der Waals surface area (Å²) in [5, 5.41) is 14.7. The second kappa shape index (κ2) is 5.23. The van der Waals surface area contributed by atoms with Crippen molar-refractivity contribution in [3.05, 3.63) is 35.9 Å². The number of amides is 1. The molecule has 0 spiro atoms. The van der Waals surface area contributed by atoms with Crippen molar-refractivity contribution >= 4 is 56.2 Å². The lowest BCUT2D eigenvalue weighted by molar-refractivity contribution is 0.102. The van der Waals surface area contributed by atoms with Crippen LogP contribution in [-0.4, -0.2) is 5.91 Å². The second-order valence-corrected chi connectivity index (χ2v) is 8.18. The van der Waals surface area contributed by atoms with E-state index in [1.807, 2.05) is 11.4 Å². The summed E-state index contributed by atoms with van der Waals surface area (Å²) < 4.78 is 1.08. The summed E-state index contributed by atoms with van der Waals surface area (Å²) in [6.45, 7) is 0. The van der Waals surface area contributed by atoms with Gasteiger partial charge in [-0.2, -0.15) is 5.26 Å². The van der Waals surface area contributed by atoms with Gasteiger partial charge in [0.15, 0.2) is 0 Å². The van der Waals surface area contributed by atoms with Gasteiger partial charge in [0.05, 0.1) is 14.0 Å². The van der Waals surface area contributed by atoms with Crippen LogP contribution in [0.15, 0.2) is 11.4 Å². The Morgan fingerprint density at radius 1 is 1.47 bits per heavy atom. The maximum absolute atomic E-state index is 12.1. The zero-order valence-corrected chi connectivity index (χ0v) is 13.6. The lowest BCUT2D eigenvalue weighted by Crippen LogP contribution is -2.10. The molecule has 0 aromatic carbocycles. The van der Waals surface area contributed by atoms with E-state index in [1.54, 1.807) is 22.7 Å². The molecule has 2 aromatic heterocycles. The number of nitrogens with one attached hydrogen (secondary N) is 1. The van der Waals surface area contributed by atoms with Gasteiger partial charge in [-0.1, -0.05) is 0 Å². The molecule has 0 saturated heterocycles. The van der Waals surface area contributed by atoms with Crippen LogP contribution in [0.2, 0.25) is 0 Å². The number of fused-ring (bicyclic) bond motifs is 1. The van der Waals surface area contributed by atoms with Crippen molar-refractivity contribution in [2.75, 3.05) is 5.32 Å². The van der Waals surface area contributed by atoms with E-state index >= 15 is 0 Å². The molecule has 6 heteroatoms. The zero-order chi connectivity index (χ0) is 13.4. The molecule has 1 aliphatic rings. The van der Waals surface area contributed by atoms with Crippen LogP contribution >= 0.6 is 45.3 Å². The third-order valence-corrected chi connectivity index (χ3v) is 6.09. The van der Waals surface area contributed by atoms with Gasteiger partial charge in [0.1, 0.15) is 11.1 Å². The van der Waals surface area contributed by atoms with Crippen molar-refractivity contribution in [1.29, 1.82) is 5.26 Å². The quantitative estimate of drug-likeness (QED) is 0.775. The van der Waals surface area contributed by atoms with Gasteiger partial charge in [-0.15, -0.1) is 22.7 Å². The molecular weight excluding hydrogens is 391 g/mol. The number of carbonyl (C=O) groups excluding carboxylic acids is 1. The second-order valence-electron chi connectivity index (χ2n) is 4.27. The number of anilines is 1. The molecule has 2 aromatic rings. The number of thiophene rings is 2. The van der Waals surface area contributed by atoms with Gasteiger partial charge >= 0.3 is 0 Å². The molecule has 19 heavy (non-hydrogen) atoms. The smallest absolute Gasteiger partial charge is 0.257 e. The number of hydrogen-bond acceptors (Lipinski definition) is 4. The number of halogens is 1. The first kappa shape index (κ1) is 13.1. The summed E-state index contributed by atoms with van der Waals surface area (Å²) in [7, 11) is 0. The Hall–Kier alpha value is -0.910. The SMILES string of the molecule is N#Cc1c(NC(=O)c2csc(I)c2)sc2c1CCC2. The lowest BCUT2D eigenvalue weighted by atomic mass is 10.1. The highest BCUT2D eigenvalue weighted by atomic mass is 127. The average Bonchev–Trinajstić information content (AvgIpc) is 3.04. The van der Waals surface area contributed by atoms with Gasteiger partial charge in [0.2, 0.25) is 0 Å². The predicted molar refractivity (Wildman–Crippen MR) is 86.0 cm³/mol. The number of carbonyl (C=O) groups is 1. The van der Waals surface area contributed by atoms with Crippen LogP contribution in [0.5, 0.6) is 0 Å². The maximum atomic E-state index is 12.1. The summed E-state index contributed by atoms with van der Waals surface area (Å²) >= 11 is 5.28. The normalized spacial score (nSPS) is 13.1. The number of hydrogen-bond donors (Lipinski definition) is 1. The van der Waals surface area contributed by atoms with Crippen LogP contribution in [0.3, 0.4) is 0 Å². The fourth-order valence-electron chi connectivity index (χ4n) is 2.22. The third kappa shape index (κ3) is 2.42.